The summed E-state index contributed by atoms with van der Waals surface area (Å²) < 4.78 is 14.3. The molecule has 0 amide bonds. The van der Waals surface area contributed by atoms with E-state index in [1.807, 2.05) is 73.9 Å². The molecule has 3 unspecified atom stereocenters. The molecule has 0 radical (unpaired) electrons. The van der Waals surface area contributed by atoms with Crippen molar-refractivity contribution in [2.24, 2.45) is 7.05 Å². The van der Waals surface area contributed by atoms with Crippen LogP contribution in [0.1, 0.15) is 32.4 Å². The van der Waals surface area contributed by atoms with Crippen molar-refractivity contribution in [3.05, 3.63) is 58.3 Å². The fourth-order valence-corrected chi connectivity index (χ4v) is 4.78. The van der Waals surface area contributed by atoms with Gasteiger partial charge in [-0.3, -0.25) is 9.69 Å². The number of hydrogen-bond donors (Lipinski definition) is 2. The lowest BCUT2D eigenvalue weighted by Crippen LogP contribution is -2.49. The van der Waals surface area contributed by atoms with Gasteiger partial charge in [-0.25, -0.2) is 0 Å². The fourth-order valence-electron chi connectivity index (χ4n) is 4.78. The number of aromatic nitrogens is 1. The van der Waals surface area contributed by atoms with Gasteiger partial charge in [-0.15, -0.1) is 0 Å². The van der Waals surface area contributed by atoms with Gasteiger partial charge in [-0.1, -0.05) is 24.3 Å². The predicted octanol–water partition coefficient (Wildman–Crippen LogP) is 3.70. The van der Waals surface area contributed by atoms with Gasteiger partial charge in [0, 0.05) is 18.5 Å². The molecular weight excluding hydrogens is 432 g/mol. The van der Waals surface area contributed by atoms with Gasteiger partial charge < -0.3 is 24.3 Å². The minimum atomic E-state index is -1.23. The number of aliphatic hydroxyl groups is 2. The molecule has 3 atom stereocenters. The monoisotopic (exact) mass is 462 g/mol. The maximum Gasteiger partial charge on any atom is 0.201 e. The Labute approximate surface area is 197 Å². The van der Waals surface area contributed by atoms with Crippen LogP contribution in [0.25, 0.3) is 32.6 Å². The van der Waals surface area contributed by atoms with Crippen molar-refractivity contribution in [1.82, 2.24) is 9.47 Å². The number of ether oxygens (including phenoxy) is 2. The van der Waals surface area contributed by atoms with Gasteiger partial charge in [0.25, 0.3) is 0 Å². The highest BCUT2D eigenvalue weighted by Gasteiger charge is 2.44. The number of rotatable bonds is 3. The first-order chi connectivity index (χ1) is 16.0. The molecule has 2 heterocycles. The van der Waals surface area contributed by atoms with E-state index in [-0.39, 0.29) is 11.7 Å². The summed E-state index contributed by atoms with van der Waals surface area (Å²) in [6.07, 6.45) is -2.71. The Kier molecular flexibility index (Phi) is 5.13. The van der Waals surface area contributed by atoms with E-state index in [2.05, 4.69) is 0 Å². The molecule has 0 saturated heterocycles. The van der Waals surface area contributed by atoms with Crippen LogP contribution in [0.2, 0.25) is 0 Å². The summed E-state index contributed by atoms with van der Waals surface area (Å²) in [5.41, 5.74) is 0.401. The molecule has 1 aromatic heterocycles. The summed E-state index contributed by atoms with van der Waals surface area (Å²) in [6.45, 7) is 5.35. The van der Waals surface area contributed by atoms with E-state index in [1.54, 1.807) is 19.9 Å². The van der Waals surface area contributed by atoms with Crippen molar-refractivity contribution in [2.45, 2.75) is 44.8 Å². The average Bonchev–Trinajstić information content (AvgIpc) is 2.79. The Bertz CT molecular complexity index is 1500. The zero-order chi connectivity index (χ0) is 24.5. The lowest BCUT2D eigenvalue weighted by Gasteiger charge is -2.41. The molecule has 0 spiro atoms. The van der Waals surface area contributed by atoms with E-state index >= 15 is 0 Å². The molecule has 0 aliphatic carbocycles. The van der Waals surface area contributed by atoms with Crippen molar-refractivity contribution in [1.29, 1.82) is 0 Å². The summed E-state index contributed by atoms with van der Waals surface area (Å²) in [4.78, 5) is 15.9. The van der Waals surface area contributed by atoms with Crippen molar-refractivity contribution in [3.63, 3.8) is 0 Å². The zero-order valence-corrected chi connectivity index (χ0v) is 20.3. The molecule has 0 bridgehead atoms. The van der Waals surface area contributed by atoms with Crippen molar-refractivity contribution < 1.29 is 19.7 Å². The average molecular weight is 463 g/mol. The molecular formula is C27H30N2O5. The van der Waals surface area contributed by atoms with Crippen LogP contribution in [0.5, 0.6) is 11.5 Å². The van der Waals surface area contributed by atoms with Gasteiger partial charge in [0.05, 0.1) is 22.0 Å². The molecule has 5 rings (SSSR count). The number of nitrogens with zero attached hydrogens (tertiary/aromatic N) is 2. The fraction of sp³-hybridized carbons (Fsp3) is 0.370. The van der Waals surface area contributed by atoms with Crippen LogP contribution in [-0.2, 0) is 7.05 Å². The number of hydrogen-bond acceptors (Lipinski definition) is 6. The third-order valence-corrected chi connectivity index (χ3v) is 7.00. The number of benzene rings is 3. The van der Waals surface area contributed by atoms with E-state index in [1.165, 1.54) is 0 Å². The molecule has 7 nitrogen and oxygen atoms in total. The molecule has 3 aromatic carbocycles. The van der Waals surface area contributed by atoms with Gasteiger partial charge in [-0.2, -0.15) is 0 Å². The molecule has 2 N–H and O–H groups in total. The number of aryl methyl sites for hydroxylation is 1. The summed E-state index contributed by atoms with van der Waals surface area (Å²) in [7, 11) is 5.65. The predicted molar refractivity (Wildman–Crippen MR) is 134 cm³/mol. The van der Waals surface area contributed by atoms with Gasteiger partial charge >= 0.3 is 0 Å². The first kappa shape index (κ1) is 22.7. The van der Waals surface area contributed by atoms with E-state index in [9.17, 15) is 15.0 Å². The molecule has 34 heavy (non-hydrogen) atoms. The van der Waals surface area contributed by atoms with Gasteiger partial charge in [0.1, 0.15) is 35.5 Å². The topological polar surface area (TPSA) is 84.2 Å². The van der Waals surface area contributed by atoms with Crippen molar-refractivity contribution in [3.8, 4) is 11.5 Å². The Morgan fingerprint density at radius 3 is 2.41 bits per heavy atom. The smallest absolute Gasteiger partial charge is 0.201 e. The summed E-state index contributed by atoms with van der Waals surface area (Å²) >= 11 is 0. The van der Waals surface area contributed by atoms with Crippen LogP contribution < -0.4 is 14.9 Å². The van der Waals surface area contributed by atoms with Gasteiger partial charge in [0.2, 0.25) is 5.43 Å². The van der Waals surface area contributed by atoms with Crippen LogP contribution in [0.15, 0.2) is 47.3 Å². The maximum absolute atomic E-state index is 14.0. The second-order valence-corrected chi connectivity index (χ2v) is 9.89. The standard InChI is InChI=1S/C27H30N2O5/c1-14(28(4)5)33-19-13-20-22(25(31)26(32)27(2,3)34-20)23-21(19)24(30)17-11-15-9-7-8-10-16(15)12-18(17)29(23)6/h7-14,25-26,31-32H,1-6H3. The largest absolute Gasteiger partial charge is 0.484 e. The van der Waals surface area contributed by atoms with Crippen LogP contribution in [0.4, 0.5) is 0 Å². The van der Waals surface area contributed by atoms with Crippen LogP contribution >= 0.6 is 0 Å². The molecule has 0 saturated carbocycles. The molecule has 0 fully saturated rings. The summed E-state index contributed by atoms with van der Waals surface area (Å²) in [5.74, 6) is 0.774. The van der Waals surface area contributed by atoms with Gasteiger partial charge in [-0.05, 0) is 57.8 Å². The molecule has 1 aliphatic rings. The number of fused-ring (bicyclic) bond motifs is 5. The molecule has 4 aromatic rings. The first-order valence-corrected chi connectivity index (χ1v) is 11.4. The molecule has 178 valence electrons. The molecule has 7 heteroatoms. The van der Waals surface area contributed by atoms with Crippen LogP contribution in [0.3, 0.4) is 0 Å². The quantitative estimate of drug-likeness (QED) is 0.357. The minimum absolute atomic E-state index is 0.191. The SMILES string of the molecule is CC(Oc1cc2c(c3c1c(=O)c1cc4ccccc4cc1n3C)C(O)C(O)C(C)(C)O2)N(C)C. The van der Waals surface area contributed by atoms with Crippen molar-refractivity contribution in [2.75, 3.05) is 14.1 Å². The van der Waals surface area contributed by atoms with Crippen LogP contribution in [-0.4, -0.2) is 51.7 Å². The third-order valence-electron chi connectivity index (χ3n) is 7.00. The lowest BCUT2D eigenvalue weighted by molar-refractivity contribution is -0.111. The van der Waals surface area contributed by atoms with E-state index in [0.717, 1.165) is 16.3 Å². The highest BCUT2D eigenvalue weighted by molar-refractivity contribution is 6.04. The molecule has 1 aliphatic heterocycles. The van der Waals surface area contributed by atoms with E-state index in [0.29, 0.717) is 33.4 Å². The Hall–Kier alpha value is -3.13. The lowest BCUT2D eigenvalue weighted by atomic mass is 9.86. The van der Waals surface area contributed by atoms with Crippen molar-refractivity contribution >= 4 is 32.6 Å². The second-order valence-electron chi connectivity index (χ2n) is 9.89. The maximum atomic E-state index is 14.0. The number of pyridine rings is 1. The highest BCUT2D eigenvalue weighted by atomic mass is 16.5. The third kappa shape index (κ3) is 3.27. The Morgan fingerprint density at radius 1 is 1.12 bits per heavy atom. The highest BCUT2D eigenvalue weighted by Crippen LogP contribution is 2.46. The summed E-state index contributed by atoms with van der Waals surface area (Å²) in [5, 5.41) is 24.9. The number of aliphatic hydroxyl groups excluding tert-OH is 2. The normalized spacial score (nSPS) is 20.5. The van der Waals surface area contributed by atoms with E-state index in [4.69, 9.17) is 9.47 Å². The minimum Gasteiger partial charge on any atom is -0.484 e. The van der Waals surface area contributed by atoms with Gasteiger partial charge in [0.15, 0.2) is 0 Å². The summed E-state index contributed by atoms with van der Waals surface area (Å²) in [6, 6.07) is 13.4. The van der Waals surface area contributed by atoms with Crippen LogP contribution in [0, 0.1) is 0 Å². The van der Waals surface area contributed by atoms with E-state index < -0.39 is 17.8 Å². The Balaban J connectivity index is 1.95. The Morgan fingerprint density at radius 2 is 1.76 bits per heavy atom. The first-order valence-electron chi connectivity index (χ1n) is 11.4. The second kappa shape index (κ2) is 7.70. The zero-order valence-electron chi connectivity index (χ0n) is 20.3.